The van der Waals surface area contributed by atoms with Crippen LogP contribution >= 0.6 is 0 Å². The van der Waals surface area contributed by atoms with E-state index in [1.54, 1.807) is 0 Å². The second-order valence-corrected chi connectivity index (χ2v) is 11.7. The maximum atomic E-state index is 14.0. The molecule has 4 aliphatic rings. The highest BCUT2D eigenvalue weighted by atomic mass is 16.3. The van der Waals surface area contributed by atoms with Crippen LogP contribution < -0.4 is 0 Å². The third-order valence-electron chi connectivity index (χ3n) is 8.98. The van der Waals surface area contributed by atoms with Crippen LogP contribution in [-0.4, -0.2) is 93.9 Å². The number of likely N-dealkylation sites (tertiary alicyclic amines) is 2. The number of nitrogens with one attached hydrogen (secondary N) is 1. The van der Waals surface area contributed by atoms with Crippen LogP contribution in [0.4, 0.5) is 0 Å². The van der Waals surface area contributed by atoms with E-state index in [2.05, 4.69) is 58.4 Å². The fourth-order valence-electron chi connectivity index (χ4n) is 6.42. The zero-order valence-corrected chi connectivity index (χ0v) is 22.2. The summed E-state index contributed by atoms with van der Waals surface area (Å²) in [6, 6.07) is 16.9. The molecule has 0 radical (unpaired) electrons. The lowest BCUT2D eigenvalue weighted by Gasteiger charge is -2.42. The number of H-pyrrole nitrogens is 1. The van der Waals surface area contributed by atoms with Gasteiger partial charge in [-0.15, -0.1) is 0 Å². The van der Waals surface area contributed by atoms with Gasteiger partial charge in [0.25, 0.3) is 5.91 Å². The summed E-state index contributed by atoms with van der Waals surface area (Å²) < 4.78 is 0. The molecule has 39 heavy (non-hydrogen) atoms. The number of fused-ring (bicyclic) bond motifs is 1. The number of carbonyl (C=O) groups excluding carboxylic acids is 2. The number of nitrogens with zero attached hydrogens (tertiary/aromatic N) is 4. The van der Waals surface area contributed by atoms with Gasteiger partial charge in [-0.05, 0) is 60.4 Å². The Morgan fingerprint density at radius 2 is 1.72 bits per heavy atom. The first-order valence-corrected chi connectivity index (χ1v) is 14.2. The van der Waals surface area contributed by atoms with Crippen LogP contribution in [0.5, 0.6) is 0 Å². The standard InChI is InChI=1S/C31H35N5O3/c37-16-15-34-13-10-31(11-14-34)30(39)36(20-21-18-35(19-21)29(38)24-5-6-24)28(33-31)23-3-1-22(2-4-23)25-7-8-27-26(17-25)9-12-32-27/h1-4,7-9,12,17,21,24,32,37H,5-6,10-11,13-16,18-20H2. The van der Waals surface area contributed by atoms with E-state index >= 15 is 0 Å². The van der Waals surface area contributed by atoms with Crippen molar-refractivity contribution in [2.75, 3.05) is 45.9 Å². The molecule has 1 saturated carbocycles. The van der Waals surface area contributed by atoms with Crippen molar-refractivity contribution in [2.45, 2.75) is 31.2 Å². The zero-order chi connectivity index (χ0) is 26.6. The summed E-state index contributed by atoms with van der Waals surface area (Å²) >= 11 is 0. The number of aromatic amines is 1. The Morgan fingerprint density at radius 3 is 2.44 bits per heavy atom. The number of aromatic nitrogens is 1. The van der Waals surface area contributed by atoms with Crippen molar-refractivity contribution in [1.82, 2.24) is 19.7 Å². The number of aliphatic hydroxyl groups excluding tert-OH is 1. The highest BCUT2D eigenvalue weighted by Crippen LogP contribution is 2.38. The lowest BCUT2D eigenvalue weighted by molar-refractivity contribution is -0.140. The molecule has 3 fully saturated rings. The van der Waals surface area contributed by atoms with Crippen LogP contribution in [0.1, 0.15) is 31.2 Å². The van der Waals surface area contributed by atoms with Gasteiger partial charge in [-0.2, -0.15) is 0 Å². The largest absolute Gasteiger partial charge is 0.395 e. The molecule has 2 aromatic carbocycles. The minimum absolute atomic E-state index is 0.0927. The van der Waals surface area contributed by atoms with Crippen molar-refractivity contribution in [3.05, 3.63) is 60.3 Å². The summed E-state index contributed by atoms with van der Waals surface area (Å²) in [4.78, 5) is 40.9. The van der Waals surface area contributed by atoms with Crippen LogP contribution in [0, 0.1) is 11.8 Å². The van der Waals surface area contributed by atoms with E-state index in [1.165, 1.54) is 5.39 Å². The summed E-state index contributed by atoms with van der Waals surface area (Å²) in [5.74, 6) is 1.65. The monoisotopic (exact) mass is 525 g/mol. The maximum absolute atomic E-state index is 14.0. The van der Waals surface area contributed by atoms with Gasteiger partial charge in [-0.3, -0.25) is 19.5 Å². The van der Waals surface area contributed by atoms with E-state index < -0.39 is 5.54 Å². The maximum Gasteiger partial charge on any atom is 0.256 e. The lowest BCUT2D eigenvalue weighted by Crippen LogP contribution is -2.57. The normalized spacial score (nSPS) is 21.6. The summed E-state index contributed by atoms with van der Waals surface area (Å²) in [5.41, 5.74) is 3.62. The fraction of sp³-hybridized carbons (Fsp3) is 0.452. The average molecular weight is 526 g/mol. The first-order chi connectivity index (χ1) is 19.0. The Hall–Kier alpha value is -3.49. The summed E-state index contributed by atoms with van der Waals surface area (Å²) in [6.07, 6.45) is 5.32. The minimum atomic E-state index is -0.730. The van der Waals surface area contributed by atoms with Crippen LogP contribution in [-0.2, 0) is 9.59 Å². The molecule has 2 amide bonds. The number of piperidine rings is 1. The number of aliphatic hydroxyl groups is 1. The molecule has 0 unspecified atom stereocenters. The number of benzene rings is 2. The predicted octanol–water partition coefficient (Wildman–Crippen LogP) is 3.12. The van der Waals surface area contributed by atoms with Crippen molar-refractivity contribution in [2.24, 2.45) is 16.8 Å². The van der Waals surface area contributed by atoms with Crippen molar-refractivity contribution in [1.29, 1.82) is 0 Å². The molecular weight excluding hydrogens is 490 g/mol. The molecule has 3 aliphatic heterocycles. The summed E-state index contributed by atoms with van der Waals surface area (Å²) in [7, 11) is 0. The Kier molecular flexibility index (Phi) is 6.05. The van der Waals surface area contributed by atoms with Crippen molar-refractivity contribution >= 4 is 28.6 Å². The molecule has 1 aliphatic carbocycles. The number of rotatable bonds is 7. The second-order valence-electron chi connectivity index (χ2n) is 11.7. The fourth-order valence-corrected chi connectivity index (χ4v) is 6.42. The van der Waals surface area contributed by atoms with Gasteiger partial charge in [0.1, 0.15) is 11.4 Å². The molecule has 8 heteroatoms. The Balaban J connectivity index is 1.14. The van der Waals surface area contributed by atoms with Crippen molar-refractivity contribution in [3.8, 4) is 11.1 Å². The van der Waals surface area contributed by atoms with Crippen LogP contribution in [0.25, 0.3) is 22.0 Å². The quantitative estimate of drug-likeness (QED) is 0.496. The topological polar surface area (TPSA) is 92.2 Å². The number of amidine groups is 1. The summed E-state index contributed by atoms with van der Waals surface area (Å²) in [6.45, 7) is 4.32. The Labute approximate surface area is 228 Å². The molecule has 4 heterocycles. The number of aliphatic imine (C=N–C) groups is 1. The van der Waals surface area contributed by atoms with E-state index in [4.69, 9.17) is 4.99 Å². The average Bonchev–Trinajstić information content (AvgIpc) is 3.63. The minimum Gasteiger partial charge on any atom is -0.395 e. The van der Waals surface area contributed by atoms with Gasteiger partial charge >= 0.3 is 0 Å². The third kappa shape index (κ3) is 4.45. The molecule has 7 rings (SSSR count). The third-order valence-corrected chi connectivity index (χ3v) is 8.98. The van der Waals surface area contributed by atoms with Gasteiger partial charge in [0.2, 0.25) is 5.91 Å². The number of carbonyl (C=O) groups is 2. The SMILES string of the molecule is O=C(C1CC1)N1CC(CN2C(=O)C3(CCN(CCO)CC3)N=C2c2ccc(-c3ccc4[nH]ccc4c3)cc2)C1. The van der Waals surface area contributed by atoms with E-state index in [9.17, 15) is 14.7 Å². The Morgan fingerprint density at radius 1 is 1.00 bits per heavy atom. The molecule has 3 aromatic rings. The van der Waals surface area contributed by atoms with E-state index in [-0.39, 0.29) is 30.3 Å². The van der Waals surface area contributed by atoms with E-state index in [1.807, 2.05) is 16.0 Å². The number of hydrogen-bond acceptors (Lipinski definition) is 5. The van der Waals surface area contributed by atoms with Gasteiger partial charge in [-0.1, -0.05) is 30.3 Å². The van der Waals surface area contributed by atoms with E-state index in [0.29, 0.717) is 25.9 Å². The zero-order valence-electron chi connectivity index (χ0n) is 22.2. The first kappa shape index (κ1) is 24.5. The van der Waals surface area contributed by atoms with Gasteiger partial charge < -0.3 is 19.9 Å². The van der Waals surface area contributed by atoms with Gasteiger partial charge in [0.15, 0.2) is 0 Å². The molecule has 202 valence electrons. The highest BCUT2D eigenvalue weighted by molar-refractivity contribution is 6.15. The molecule has 2 saturated heterocycles. The first-order valence-electron chi connectivity index (χ1n) is 14.2. The lowest BCUT2D eigenvalue weighted by atomic mass is 9.87. The van der Waals surface area contributed by atoms with Gasteiger partial charge in [0, 0.05) is 68.4 Å². The number of β-amino-alcohol motifs (C(OH)–C–C–N with tert-alkyl or cyclic N) is 1. The predicted molar refractivity (Wildman–Crippen MR) is 150 cm³/mol. The van der Waals surface area contributed by atoms with Gasteiger partial charge in [-0.25, -0.2) is 0 Å². The van der Waals surface area contributed by atoms with E-state index in [0.717, 1.165) is 67.1 Å². The molecule has 1 aromatic heterocycles. The number of hydrogen-bond donors (Lipinski definition) is 2. The smallest absolute Gasteiger partial charge is 0.256 e. The van der Waals surface area contributed by atoms with Crippen molar-refractivity contribution in [3.63, 3.8) is 0 Å². The molecule has 0 atom stereocenters. The van der Waals surface area contributed by atoms with Gasteiger partial charge in [0.05, 0.1) is 6.61 Å². The number of amides is 2. The Bertz CT molecular complexity index is 1430. The second kappa shape index (κ2) is 9.61. The molecule has 8 nitrogen and oxygen atoms in total. The van der Waals surface area contributed by atoms with Crippen LogP contribution in [0.15, 0.2) is 59.7 Å². The molecule has 1 spiro atoms. The molecular formula is C31H35N5O3. The highest BCUT2D eigenvalue weighted by Gasteiger charge is 2.51. The van der Waals surface area contributed by atoms with Crippen molar-refractivity contribution < 1.29 is 14.7 Å². The van der Waals surface area contributed by atoms with Crippen LogP contribution in [0.3, 0.4) is 0 Å². The summed E-state index contributed by atoms with van der Waals surface area (Å²) in [5, 5.41) is 10.5. The molecule has 0 bridgehead atoms. The molecule has 2 N–H and O–H groups in total. The van der Waals surface area contributed by atoms with Crippen LogP contribution in [0.2, 0.25) is 0 Å².